The van der Waals surface area contributed by atoms with Gasteiger partial charge in [0.25, 0.3) is 0 Å². The number of nitrogens with one attached hydrogen (secondary N) is 1. The zero-order valence-corrected chi connectivity index (χ0v) is 11.1. The normalized spacial score (nSPS) is 13.8. The van der Waals surface area contributed by atoms with Crippen LogP contribution in [0.5, 0.6) is 0 Å². The van der Waals surface area contributed by atoms with Gasteiger partial charge in [-0.2, -0.15) is 0 Å². The summed E-state index contributed by atoms with van der Waals surface area (Å²) in [5.74, 6) is -0.908. The van der Waals surface area contributed by atoms with E-state index in [0.29, 0.717) is 5.32 Å². The SMILES string of the molecule is C[Se]C[C@H](NC(=O)[C@@H](N)CCC(=O)O)C(=O)O. The van der Waals surface area contributed by atoms with Crippen molar-refractivity contribution in [2.45, 2.75) is 36.1 Å². The first-order valence-electron chi connectivity index (χ1n) is 4.88. The second kappa shape index (κ2) is 8.05. The minimum absolute atomic E-state index is 0.00915. The number of nitrogens with two attached hydrogens (primary N) is 1. The average Bonchev–Trinajstić information content (AvgIpc) is 2.24. The van der Waals surface area contributed by atoms with E-state index in [1.54, 1.807) is 0 Å². The molecule has 98 valence electrons. The van der Waals surface area contributed by atoms with E-state index < -0.39 is 29.9 Å². The second-order valence-electron chi connectivity index (χ2n) is 3.39. The topological polar surface area (TPSA) is 130 Å². The van der Waals surface area contributed by atoms with Crippen molar-refractivity contribution in [3.05, 3.63) is 0 Å². The number of aliphatic carboxylic acids is 2. The third-order valence-electron chi connectivity index (χ3n) is 1.95. The fraction of sp³-hybridized carbons (Fsp3) is 0.667. The number of carbonyl (C=O) groups excluding carboxylic acids is 1. The number of carboxylic acids is 2. The van der Waals surface area contributed by atoms with Crippen LogP contribution in [0.4, 0.5) is 0 Å². The van der Waals surface area contributed by atoms with E-state index in [0.717, 1.165) is 0 Å². The van der Waals surface area contributed by atoms with Crippen molar-refractivity contribution in [1.29, 1.82) is 0 Å². The molecule has 0 heterocycles. The van der Waals surface area contributed by atoms with Crippen LogP contribution in [0, 0.1) is 0 Å². The summed E-state index contributed by atoms with van der Waals surface area (Å²) in [4.78, 5) is 32.5. The van der Waals surface area contributed by atoms with Crippen molar-refractivity contribution in [3.63, 3.8) is 0 Å². The molecule has 0 rings (SSSR count). The van der Waals surface area contributed by atoms with Crippen LogP contribution in [0.1, 0.15) is 12.8 Å². The summed E-state index contributed by atoms with van der Waals surface area (Å²) in [6.45, 7) is 0. The average molecular weight is 311 g/mol. The van der Waals surface area contributed by atoms with E-state index in [1.807, 2.05) is 5.82 Å². The van der Waals surface area contributed by atoms with Gasteiger partial charge in [-0.1, -0.05) is 0 Å². The first-order valence-corrected chi connectivity index (χ1v) is 7.80. The number of hydrogen-bond donors (Lipinski definition) is 4. The van der Waals surface area contributed by atoms with E-state index in [1.165, 1.54) is 0 Å². The molecule has 1 amide bonds. The van der Waals surface area contributed by atoms with E-state index >= 15 is 0 Å². The first kappa shape index (κ1) is 15.9. The molecule has 17 heavy (non-hydrogen) atoms. The Balaban J connectivity index is 4.20. The van der Waals surface area contributed by atoms with Gasteiger partial charge in [0.1, 0.15) is 0 Å². The molecule has 0 spiro atoms. The van der Waals surface area contributed by atoms with E-state index in [-0.39, 0.29) is 27.8 Å². The van der Waals surface area contributed by atoms with Crippen LogP contribution >= 0.6 is 0 Å². The molecule has 0 aliphatic carbocycles. The molecule has 7 nitrogen and oxygen atoms in total. The van der Waals surface area contributed by atoms with Crippen molar-refractivity contribution in [2.24, 2.45) is 5.73 Å². The standard InChI is InChI=1S/C9H16N2O5Se/c1-17-4-6(9(15)16)11-8(14)5(10)2-3-7(12)13/h5-6H,2-4,10H2,1H3,(H,11,14)(H,12,13)(H,15,16)/t5-,6-/m0/s1. The predicted molar refractivity (Wildman–Crippen MR) is 60.8 cm³/mol. The zero-order chi connectivity index (χ0) is 13.4. The summed E-state index contributed by atoms with van der Waals surface area (Å²) >= 11 is 0.113. The Labute approximate surface area is 105 Å². The van der Waals surface area contributed by atoms with Gasteiger partial charge in [-0.3, -0.25) is 0 Å². The molecule has 0 fully saturated rings. The van der Waals surface area contributed by atoms with Crippen molar-refractivity contribution in [3.8, 4) is 0 Å². The quantitative estimate of drug-likeness (QED) is 0.422. The van der Waals surface area contributed by atoms with Gasteiger partial charge >= 0.3 is 105 Å². The van der Waals surface area contributed by atoms with Gasteiger partial charge in [0.05, 0.1) is 0 Å². The molecule has 0 radical (unpaired) electrons. The number of rotatable bonds is 8. The molecule has 5 N–H and O–H groups in total. The number of carbonyl (C=O) groups is 3. The van der Waals surface area contributed by atoms with Gasteiger partial charge in [0, 0.05) is 0 Å². The summed E-state index contributed by atoms with van der Waals surface area (Å²) in [5.41, 5.74) is 5.45. The molecule has 0 saturated heterocycles. The van der Waals surface area contributed by atoms with E-state index in [4.69, 9.17) is 15.9 Å². The third kappa shape index (κ3) is 6.93. The van der Waals surface area contributed by atoms with Gasteiger partial charge in [-0.05, 0) is 0 Å². The summed E-state index contributed by atoms with van der Waals surface area (Å²) in [6, 6.07) is -1.93. The van der Waals surface area contributed by atoms with Crippen LogP contribution in [0.15, 0.2) is 0 Å². The summed E-state index contributed by atoms with van der Waals surface area (Å²) in [7, 11) is 0. The first-order chi connectivity index (χ1) is 7.88. The van der Waals surface area contributed by atoms with Crippen LogP contribution in [0.25, 0.3) is 0 Å². The molecule has 0 aliphatic heterocycles. The number of amides is 1. The minimum atomic E-state index is -1.10. The van der Waals surface area contributed by atoms with Crippen molar-refractivity contribution < 1.29 is 24.6 Å². The maximum absolute atomic E-state index is 11.5. The fourth-order valence-corrected chi connectivity index (χ4v) is 2.20. The molecule has 0 aromatic rings. The second-order valence-corrected chi connectivity index (χ2v) is 5.30. The third-order valence-corrected chi connectivity index (χ3v) is 3.35. The van der Waals surface area contributed by atoms with E-state index in [2.05, 4.69) is 5.32 Å². The van der Waals surface area contributed by atoms with Gasteiger partial charge in [0.2, 0.25) is 0 Å². The van der Waals surface area contributed by atoms with Gasteiger partial charge in [0.15, 0.2) is 0 Å². The van der Waals surface area contributed by atoms with Gasteiger partial charge < -0.3 is 0 Å². The summed E-state index contributed by atoms with van der Waals surface area (Å²) < 4.78 is 0. The Hall–Kier alpha value is -1.11. The van der Waals surface area contributed by atoms with Crippen LogP contribution in [0.2, 0.25) is 11.1 Å². The Morgan fingerprint density at radius 1 is 1.35 bits per heavy atom. The molecule has 0 aliphatic rings. The molecule has 0 saturated carbocycles. The van der Waals surface area contributed by atoms with Crippen LogP contribution in [-0.4, -0.2) is 55.1 Å². The Bertz CT molecular complexity index is 297. The molecular weight excluding hydrogens is 295 g/mol. The van der Waals surface area contributed by atoms with Crippen LogP contribution < -0.4 is 11.1 Å². The molecule has 0 aromatic carbocycles. The summed E-state index contributed by atoms with van der Waals surface area (Å²) in [5, 5.41) is 19.9. The van der Waals surface area contributed by atoms with Crippen LogP contribution in [0.3, 0.4) is 0 Å². The van der Waals surface area contributed by atoms with Crippen molar-refractivity contribution in [2.75, 3.05) is 0 Å². The number of hydrogen-bond acceptors (Lipinski definition) is 4. The van der Waals surface area contributed by atoms with Gasteiger partial charge in [-0.15, -0.1) is 0 Å². The molecular formula is C9H16N2O5Se. The van der Waals surface area contributed by atoms with Gasteiger partial charge in [-0.25, -0.2) is 0 Å². The van der Waals surface area contributed by atoms with Crippen molar-refractivity contribution >= 4 is 32.8 Å². The van der Waals surface area contributed by atoms with Crippen LogP contribution in [-0.2, 0) is 14.4 Å². The maximum atomic E-state index is 11.5. The zero-order valence-electron chi connectivity index (χ0n) is 9.38. The molecule has 0 unspecified atom stereocenters. The van der Waals surface area contributed by atoms with E-state index in [9.17, 15) is 14.4 Å². The molecule has 2 atom stereocenters. The number of carboxylic acid groups (broad SMARTS) is 2. The molecule has 8 heteroatoms. The Morgan fingerprint density at radius 2 is 1.94 bits per heavy atom. The summed E-state index contributed by atoms with van der Waals surface area (Å²) in [6.07, 6.45) is -0.227. The van der Waals surface area contributed by atoms with Crippen molar-refractivity contribution in [1.82, 2.24) is 5.32 Å². The fourth-order valence-electron chi connectivity index (χ4n) is 1.03. The predicted octanol–water partition coefficient (Wildman–Crippen LogP) is -1.08. The monoisotopic (exact) mass is 312 g/mol. The molecule has 0 aromatic heterocycles. The Kier molecular flexibility index (Phi) is 7.52. The Morgan fingerprint density at radius 3 is 2.35 bits per heavy atom. The molecule has 0 bridgehead atoms.